The van der Waals surface area contributed by atoms with Gasteiger partial charge < -0.3 is 20.3 Å². The topological polar surface area (TPSA) is 95.9 Å². The summed E-state index contributed by atoms with van der Waals surface area (Å²) in [7, 11) is 0. The van der Waals surface area contributed by atoms with Gasteiger partial charge in [0.2, 0.25) is 5.91 Å². The lowest BCUT2D eigenvalue weighted by atomic mass is 10.0. The average Bonchev–Trinajstić information content (AvgIpc) is 3.22. The number of hydrogen-bond donors (Lipinski definition) is 3. The highest BCUT2D eigenvalue weighted by Gasteiger charge is 2.18. The number of aliphatic hydroxyl groups excluding tert-OH is 2. The Morgan fingerprint density at radius 1 is 0.466 bits per heavy atom. The summed E-state index contributed by atoms with van der Waals surface area (Å²) in [5, 5.41) is 22.9. The zero-order valence-corrected chi connectivity index (χ0v) is 38.8. The Morgan fingerprint density at radius 3 is 1.22 bits per heavy atom. The van der Waals surface area contributed by atoms with Crippen LogP contribution >= 0.6 is 0 Å². The molecular formula is C52H99NO5. The third kappa shape index (κ3) is 43.9. The molecule has 58 heavy (non-hydrogen) atoms. The van der Waals surface area contributed by atoms with E-state index in [1.807, 2.05) is 6.08 Å². The van der Waals surface area contributed by atoms with Crippen LogP contribution in [0, 0.1) is 0 Å². The van der Waals surface area contributed by atoms with Gasteiger partial charge in [-0.2, -0.15) is 0 Å². The lowest BCUT2D eigenvalue weighted by molar-refractivity contribution is -0.143. The first kappa shape index (κ1) is 56.3. The van der Waals surface area contributed by atoms with Crippen LogP contribution in [0.4, 0.5) is 0 Å². The number of allylic oxidation sites excluding steroid dienone is 3. The lowest BCUT2D eigenvalue weighted by Crippen LogP contribution is -2.45. The van der Waals surface area contributed by atoms with Crippen LogP contribution in [0.2, 0.25) is 0 Å². The predicted octanol–water partition coefficient (Wildman–Crippen LogP) is 15.1. The molecule has 0 aliphatic rings. The van der Waals surface area contributed by atoms with Gasteiger partial charge in [0.25, 0.3) is 0 Å². The van der Waals surface area contributed by atoms with Crippen molar-refractivity contribution in [2.24, 2.45) is 0 Å². The fraction of sp³-hybridized carbons (Fsp3) is 0.885. The molecule has 0 aromatic heterocycles. The lowest BCUT2D eigenvalue weighted by Gasteiger charge is -2.20. The highest BCUT2D eigenvalue weighted by molar-refractivity contribution is 5.76. The fourth-order valence-electron chi connectivity index (χ4n) is 7.74. The van der Waals surface area contributed by atoms with E-state index >= 15 is 0 Å². The minimum atomic E-state index is -0.849. The van der Waals surface area contributed by atoms with E-state index in [4.69, 9.17) is 4.74 Å². The van der Waals surface area contributed by atoms with Crippen molar-refractivity contribution in [2.45, 2.75) is 283 Å². The van der Waals surface area contributed by atoms with Gasteiger partial charge in [-0.25, -0.2) is 0 Å². The maximum atomic E-state index is 12.4. The Balaban J connectivity index is 3.44. The summed E-state index contributed by atoms with van der Waals surface area (Å²) in [6, 6.07) is -0.634. The van der Waals surface area contributed by atoms with Crippen molar-refractivity contribution in [3.63, 3.8) is 0 Å². The van der Waals surface area contributed by atoms with Gasteiger partial charge in [-0.3, -0.25) is 9.59 Å². The van der Waals surface area contributed by atoms with Crippen molar-refractivity contribution >= 4 is 11.9 Å². The third-order valence-corrected chi connectivity index (χ3v) is 11.7. The molecule has 0 spiro atoms. The molecule has 2 atom stereocenters. The van der Waals surface area contributed by atoms with E-state index < -0.39 is 12.1 Å². The van der Waals surface area contributed by atoms with Gasteiger partial charge in [-0.15, -0.1) is 0 Å². The molecule has 0 bridgehead atoms. The SMILES string of the molecule is CCCCCCCCC/C=C/C(O)C(CO)NC(=O)CCCCCCCCC/C=C\CCCCCCCCOC(=O)CCCCCCCCCCCCCCCCC. The number of amides is 1. The molecule has 0 rings (SSSR count). The summed E-state index contributed by atoms with van der Waals surface area (Å²) >= 11 is 0. The molecule has 6 heteroatoms. The monoisotopic (exact) mass is 818 g/mol. The van der Waals surface area contributed by atoms with Crippen LogP contribution in [0.5, 0.6) is 0 Å². The van der Waals surface area contributed by atoms with Crippen LogP contribution in [0.15, 0.2) is 24.3 Å². The van der Waals surface area contributed by atoms with Crippen LogP contribution in [0.1, 0.15) is 271 Å². The van der Waals surface area contributed by atoms with Gasteiger partial charge in [0.1, 0.15) is 0 Å². The highest BCUT2D eigenvalue weighted by Crippen LogP contribution is 2.15. The van der Waals surface area contributed by atoms with Gasteiger partial charge in [0.05, 0.1) is 25.4 Å². The first-order chi connectivity index (χ1) is 28.5. The number of rotatable bonds is 47. The summed E-state index contributed by atoms with van der Waals surface area (Å²) in [6.45, 7) is 4.85. The second kappa shape index (κ2) is 48.0. The van der Waals surface area contributed by atoms with Crippen LogP contribution < -0.4 is 5.32 Å². The maximum absolute atomic E-state index is 12.4. The molecule has 0 aliphatic heterocycles. The summed E-state index contributed by atoms with van der Waals surface area (Å²) in [6.07, 6.45) is 56.1. The molecular weight excluding hydrogens is 719 g/mol. The summed E-state index contributed by atoms with van der Waals surface area (Å²) in [5.74, 6) is -0.0835. The second-order valence-corrected chi connectivity index (χ2v) is 17.5. The van der Waals surface area contributed by atoms with Crippen molar-refractivity contribution in [3.05, 3.63) is 24.3 Å². The van der Waals surface area contributed by atoms with Crippen molar-refractivity contribution < 1.29 is 24.5 Å². The van der Waals surface area contributed by atoms with E-state index in [0.717, 1.165) is 57.8 Å². The second-order valence-electron chi connectivity index (χ2n) is 17.5. The molecule has 342 valence electrons. The van der Waals surface area contributed by atoms with Gasteiger partial charge in [0, 0.05) is 12.8 Å². The number of hydrogen-bond acceptors (Lipinski definition) is 5. The minimum Gasteiger partial charge on any atom is -0.466 e. The van der Waals surface area contributed by atoms with Crippen LogP contribution in [0.3, 0.4) is 0 Å². The quantitative estimate of drug-likeness (QED) is 0.0323. The van der Waals surface area contributed by atoms with Gasteiger partial charge in [0.15, 0.2) is 0 Å². The van der Waals surface area contributed by atoms with Crippen molar-refractivity contribution in [1.82, 2.24) is 5.32 Å². The highest BCUT2D eigenvalue weighted by atomic mass is 16.5. The Hall–Kier alpha value is -1.66. The maximum Gasteiger partial charge on any atom is 0.305 e. The fourth-order valence-corrected chi connectivity index (χ4v) is 7.74. The summed E-state index contributed by atoms with van der Waals surface area (Å²) < 4.78 is 5.46. The van der Waals surface area contributed by atoms with Crippen LogP contribution in [-0.2, 0) is 14.3 Å². The number of unbranched alkanes of at least 4 members (excludes halogenated alkanes) is 34. The van der Waals surface area contributed by atoms with E-state index in [-0.39, 0.29) is 18.5 Å². The largest absolute Gasteiger partial charge is 0.466 e. The van der Waals surface area contributed by atoms with Crippen molar-refractivity contribution in [3.8, 4) is 0 Å². The molecule has 0 aromatic carbocycles. The zero-order chi connectivity index (χ0) is 42.3. The van der Waals surface area contributed by atoms with Crippen molar-refractivity contribution in [1.29, 1.82) is 0 Å². The summed E-state index contributed by atoms with van der Waals surface area (Å²) in [5.41, 5.74) is 0. The number of aliphatic hydroxyl groups is 2. The van der Waals surface area contributed by atoms with E-state index in [2.05, 4.69) is 31.3 Å². The minimum absolute atomic E-state index is 0.000535. The standard InChI is InChI=1S/C52H99NO5/c1-3-5-7-9-11-13-14-15-19-23-26-30-34-38-42-46-52(57)58-47-43-39-35-31-27-24-21-18-16-17-20-22-25-29-33-37-41-45-51(56)53-49(48-54)50(55)44-40-36-32-28-12-10-8-6-4-2/h16,18,40,44,49-50,54-55H,3-15,17,19-39,41-43,45-48H2,1-2H3,(H,53,56)/b18-16-,44-40+. The number of nitrogens with one attached hydrogen (secondary N) is 1. The summed E-state index contributed by atoms with van der Waals surface area (Å²) in [4.78, 5) is 24.4. The third-order valence-electron chi connectivity index (χ3n) is 11.7. The number of carbonyl (C=O) groups excluding carboxylic acids is 2. The smallest absolute Gasteiger partial charge is 0.305 e. The number of ether oxygens (including phenoxy) is 1. The van der Waals surface area contributed by atoms with Crippen LogP contribution in [0.25, 0.3) is 0 Å². The van der Waals surface area contributed by atoms with Crippen LogP contribution in [-0.4, -0.2) is 47.4 Å². The normalized spacial score (nSPS) is 12.8. The molecule has 2 unspecified atom stereocenters. The molecule has 0 aliphatic carbocycles. The zero-order valence-electron chi connectivity index (χ0n) is 38.8. The number of carbonyl (C=O) groups is 2. The van der Waals surface area contributed by atoms with Crippen molar-refractivity contribution in [2.75, 3.05) is 13.2 Å². The molecule has 6 nitrogen and oxygen atoms in total. The molecule has 1 amide bonds. The Bertz CT molecular complexity index is 904. The molecule has 0 heterocycles. The first-order valence-corrected chi connectivity index (χ1v) is 25.6. The van der Waals surface area contributed by atoms with E-state index in [0.29, 0.717) is 19.4 Å². The average molecular weight is 818 g/mol. The molecule has 0 saturated carbocycles. The van der Waals surface area contributed by atoms with E-state index in [1.165, 1.54) is 186 Å². The first-order valence-electron chi connectivity index (χ1n) is 25.6. The van der Waals surface area contributed by atoms with E-state index in [9.17, 15) is 19.8 Å². The van der Waals surface area contributed by atoms with E-state index in [1.54, 1.807) is 6.08 Å². The number of esters is 1. The molecule has 0 radical (unpaired) electrons. The Morgan fingerprint density at radius 2 is 0.810 bits per heavy atom. The Kier molecular flexibility index (Phi) is 46.6. The Labute approximate surface area is 361 Å². The van der Waals surface area contributed by atoms with Gasteiger partial charge in [-0.1, -0.05) is 224 Å². The molecule has 0 fully saturated rings. The molecule has 3 N–H and O–H groups in total. The van der Waals surface area contributed by atoms with Gasteiger partial charge in [-0.05, 0) is 57.8 Å². The molecule has 0 aromatic rings. The molecule has 0 saturated heterocycles. The van der Waals surface area contributed by atoms with Gasteiger partial charge >= 0.3 is 5.97 Å². The predicted molar refractivity (Wildman–Crippen MR) is 250 cm³/mol.